The predicted molar refractivity (Wildman–Crippen MR) is 52.3 cm³/mol. The van der Waals surface area contributed by atoms with E-state index in [-0.39, 0.29) is 17.6 Å². The van der Waals surface area contributed by atoms with E-state index in [1.165, 1.54) is 12.4 Å². The highest BCUT2D eigenvalue weighted by atomic mass is 35.5. The lowest BCUT2D eigenvalue weighted by atomic mass is 10.5. The van der Waals surface area contributed by atoms with E-state index in [9.17, 15) is 9.59 Å². The summed E-state index contributed by atoms with van der Waals surface area (Å²) in [5, 5.41) is 2.39. The molecule has 0 aliphatic rings. The molecule has 0 atom stereocenters. The van der Waals surface area contributed by atoms with Gasteiger partial charge in [-0.15, -0.1) is 0 Å². The van der Waals surface area contributed by atoms with Crippen molar-refractivity contribution in [1.29, 1.82) is 0 Å². The van der Waals surface area contributed by atoms with Crippen LogP contribution in [0.5, 0.6) is 0 Å². The van der Waals surface area contributed by atoms with Crippen LogP contribution >= 0.6 is 11.6 Å². The van der Waals surface area contributed by atoms with Crippen LogP contribution in [0.25, 0.3) is 0 Å². The molecule has 1 aromatic heterocycles. The topological polar surface area (TPSA) is 81.2 Å². The number of aromatic nitrogens is 2. The molecular weight excluding hydrogens is 222 g/mol. The number of carbonyl (C=O) groups is 2. The lowest BCUT2D eigenvalue weighted by molar-refractivity contribution is -0.152. The first-order chi connectivity index (χ1) is 7.13. The first-order valence-electron chi connectivity index (χ1n) is 4.09. The van der Waals surface area contributed by atoms with Gasteiger partial charge in [-0.05, 0) is 6.92 Å². The van der Waals surface area contributed by atoms with Gasteiger partial charge >= 0.3 is 11.9 Å². The highest BCUT2D eigenvalue weighted by Gasteiger charge is 2.15. The van der Waals surface area contributed by atoms with Gasteiger partial charge in [0.25, 0.3) is 0 Å². The second kappa shape index (κ2) is 5.26. The summed E-state index contributed by atoms with van der Waals surface area (Å²) in [6.07, 6.45) is 1.17. The maximum atomic E-state index is 11.1. The third kappa shape index (κ3) is 3.51. The van der Waals surface area contributed by atoms with Crippen LogP contribution in [0.2, 0.25) is 5.15 Å². The Morgan fingerprint density at radius 1 is 1.53 bits per heavy atom. The minimum atomic E-state index is -0.966. The Bertz CT molecular complexity index is 383. The van der Waals surface area contributed by atoms with Crippen LogP contribution in [-0.2, 0) is 14.3 Å². The first kappa shape index (κ1) is 11.4. The van der Waals surface area contributed by atoms with Gasteiger partial charge in [0.15, 0.2) is 0 Å². The Hall–Kier alpha value is -1.69. The number of hydrogen-bond acceptors (Lipinski definition) is 5. The maximum absolute atomic E-state index is 11.1. The largest absolute Gasteiger partial charge is 0.459 e. The number of ether oxygens (including phenoxy) is 1. The van der Waals surface area contributed by atoms with Gasteiger partial charge in [0.05, 0.1) is 6.61 Å². The average molecular weight is 230 g/mol. The van der Waals surface area contributed by atoms with E-state index in [2.05, 4.69) is 20.0 Å². The molecule has 0 saturated carbocycles. The summed E-state index contributed by atoms with van der Waals surface area (Å²) >= 11 is 5.55. The molecule has 0 radical (unpaired) electrons. The van der Waals surface area contributed by atoms with Crippen molar-refractivity contribution in [3.05, 3.63) is 17.5 Å². The molecule has 1 heterocycles. The summed E-state index contributed by atoms with van der Waals surface area (Å²) in [6.45, 7) is 1.74. The molecule has 15 heavy (non-hydrogen) atoms. The van der Waals surface area contributed by atoms with Gasteiger partial charge in [-0.2, -0.15) is 0 Å². The van der Waals surface area contributed by atoms with E-state index in [0.717, 1.165) is 0 Å². The van der Waals surface area contributed by atoms with E-state index in [4.69, 9.17) is 11.6 Å². The molecule has 0 bridgehead atoms. The molecule has 0 saturated heterocycles. The Balaban J connectivity index is 2.62. The highest BCUT2D eigenvalue weighted by Crippen LogP contribution is 2.08. The van der Waals surface area contributed by atoms with Crippen LogP contribution in [0.1, 0.15) is 6.92 Å². The molecule has 1 amide bonds. The van der Waals surface area contributed by atoms with Crippen molar-refractivity contribution in [2.75, 3.05) is 11.9 Å². The highest BCUT2D eigenvalue weighted by molar-refractivity contribution is 6.37. The van der Waals surface area contributed by atoms with Crippen molar-refractivity contribution in [3.63, 3.8) is 0 Å². The number of nitrogens with zero attached hydrogens (tertiary/aromatic N) is 2. The summed E-state index contributed by atoms with van der Waals surface area (Å²) in [5.74, 6) is -1.72. The summed E-state index contributed by atoms with van der Waals surface area (Å²) in [4.78, 5) is 29.3. The fraction of sp³-hybridized carbons (Fsp3) is 0.250. The van der Waals surface area contributed by atoms with E-state index >= 15 is 0 Å². The molecule has 1 rings (SSSR count). The van der Waals surface area contributed by atoms with Crippen molar-refractivity contribution in [3.8, 4) is 0 Å². The minimum Gasteiger partial charge on any atom is -0.459 e. The number of nitrogens with one attached hydrogen (secondary N) is 1. The number of halogens is 1. The molecule has 0 fully saturated rings. The van der Waals surface area contributed by atoms with Gasteiger partial charge in [0.1, 0.15) is 17.3 Å². The Kier molecular flexibility index (Phi) is 3.99. The fourth-order valence-electron chi connectivity index (χ4n) is 0.766. The molecule has 6 nitrogen and oxygen atoms in total. The van der Waals surface area contributed by atoms with E-state index < -0.39 is 11.9 Å². The Morgan fingerprint density at radius 2 is 2.27 bits per heavy atom. The zero-order valence-electron chi connectivity index (χ0n) is 7.86. The monoisotopic (exact) mass is 229 g/mol. The first-order valence-corrected chi connectivity index (χ1v) is 4.47. The van der Waals surface area contributed by atoms with E-state index in [1.54, 1.807) is 6.92 Å². The lowest BCUT2D eigenvalue weighted by Crippen LogP contribution is -2.25. The quantitative estimate of drug-likeness (QED) is 0.457. The van der Waals surface area contributed by atoms with Gasteiger partial charge < -0.3 is 10.1 Å². The molecule has 80 valence electrons. The summed E-state index contributed by atoms with van der Waals surface area (Å²) in [7, 11) is 0. The smallest absolute Gasteiger partial charge is 0.397 e. The van der Waals surface area contributed by atoms with Crippen molar-refractivity contribution in [2.45, 2.75) is 6.92 Å². The minimum absolute atomic E-state index is 0.136. The van der Waals surface area contributed by atoms with Crippen LogP contribution in [0.3, 0.4) is 0 Å². The van der Waals surface area contributed by atoms with Gasteiger partial charge in [-0.1, -0.05) is 11.6 Å². The summed E-state index contributed by atoms with van der Waals surface area (Å²) < 4.78 is 4.48. The van der Waals surface area contributed by atoms with Gasteiger partial charge in [-0.3, -0.25) is 4.79 Å². The number of rotatable bonds is 2. The lowest BCUT2D eigenvalue weighted by Gasteiger charge is -2.02. The van der Waals surface area contributed by atoms with Crippen LogP contribution < -0.4 is 5.32 Å². The zero-order valence-corrected chi connectivity index (χ0v) is 8.61. The van der Waals surface area contributed by atoms with Crippen LogP contribution in [0, 0.1) is 0 Å². The normalized spacial score (nSPS) is 9.47. The van der Waals surface area contributed by atoms with Crippen molar-refractivity contribution in [2.24, 2.45) is 0 Å². The Labute approximate surface area is 90.6 Å². The second-order valence-corrected chi connectivity index (χ2v) is 2.79. The molecule has 0 unspecified atom stereocenters. The summed E-state index contributed by atoms with van der Waals surface area (Å²) in [5.41, 5.74) is 0. The van der Waals surface area contributed by atoms with Gasteiger partial charge in [0.2, 0.25) is 0 Å². The fourth-order valence-corrected chi connectivity index (χ4v) is 0.913. The van der Waals surface area contributed by atoms with Crippen molar-refractivity contribution >= 4 is 29.3 Å². The van der Waals surface area contributed by atoms with Crippen LogP contribution in [0.4, 0.5) is 5.82 Å². The van der Waals surface area contributed by atoms with Gasteiger partial charge in [-0.25, -0.2) is 14.8 Å². The van der Waals surface area contributed by atoms with Crippen LogP contribution in [0.15, 0.2) is 12.4 Å². The molecule has 0 aliphatic carbocycles. The number of esters is 1. The van der Waals surface area contributed by atoms with Crippen LogP contribution in [-0.4, -0.2) is 28.5 Å². The SMILES string of the molecule is CCOC(=O)C(=O)Nc1cc(Cl)ncn1. The van der Waals surface area contributed by atoms with Crippen molar-refractivity contribution in [1.82, 2.24) is 9.97 Å². The molecule has 0 aliphatic heterocycles. The van der Waals surface area contributed by atoms with E-state index in [0.29, 0.717) is 0 Å². The third-order valence-corrected chi connectivity index (χ3v) is 1.54. The van der Waals surface area contributed by atoms with E-state index in [1.807, 2.05) is 0 Å². The molecule has 0 aromatic carbocycles. The zero-order chi connectivity index (χ0) is 11.3. The molecule has 1 N–H and O–H groups in total. The standard InChI is InChI=1S/C8H8ClN3O3/c1-2-15-8(14)7(13)12-6-3-5(9)10-4-11-6/h3-4H,2H2,1H3,(H,10,11,12,13). The van der Waals surface area contributed by atoms with Gasteiger partial charge in [0, 0.05) is 6.07 Å². The molecule has 0 spiro atoms. The number of hydrogen-bond donors (Lipinski definition) is 1. The third-order valence-electron chi connectivity index (χ3n) is 1.34. The molecule has 1 aromatic rings. The maximum Gasteiger partial charge on any atom is 0.397 e. The number of amides is 1. The molecular formula is C8H8ClN3O3. The average Bonchev–Trinajstić information content (AvgIpc) is 2.18. The summed E-state index contributed by atoms with van der Waals surface area (Å²) in [6, 6.07) is 1.32. The molecule has 7 heteroatoms. The second-order valence-electron chi connectivity index (χ2n) is 2.40. The number of anilines is 1. The number of carbonyl (C=O) groups excluding carboxylic acids is 2. The van der Waals surface area contributed by atoms with Crippen molar-refractivity contribution < 1.29 is 14.3 Å². The Morgan fingerprint density at radius 3 is 2.87 bits per heavy atom. The predicted octanol–water partition coefficient (Wildman–Crippen LogP) is 0.632.